The topological polar surface area (TPSA) is 35.6 Å². The van der Waals surface area contributed by atoms with Crippen molar-refractivity contribution in [3.05, 3.63) is 0 Å². The molecule has 0 aromatic rings. The van der Waals surface area contributed by atoms with Crippen LogP contribution in [-0.4, -0.2) is 62.0 Å². The molecule has 2 fully saturated rings. The molecule has 4 nitrogen and oxygen atoms in total. The SMILES string of the molecule is CC1CN(C(=O)C2CCCNC2)CC1N(C)C. The summed E-state index contributed by atoms with van der Waals surface area (Å²) in [7, 11) is 4.22. The van der Waals surface area contributed by atoms with Crippen LogP contribution in [0.1, 0.15) is 19.8 Å². The molecule has 3 atom stereocenters. The van der Waals surface area contributed by atoms with E-state index in [1.807, 2.05) is 0 Å². The van der Waals surface area contributed by atoms with Crippen LogP contribution >= 0.6 is 0 Å². The third-order valence-electron chi connectivity index (χ3n) is 4.19. The molecule has 3 unspecified atom stereocenters. The van der Waals surface area contributed by atoms with Gasteiger partial charge in [0.15, 0.2) is 0 Å². The van der Waals surface area contributed by atoms with Crippen molar-refractivity contribution in [1.82, 2.24) is 15.1 Å². The van der Waals surface area contributed by atoms with Crippen molar-refractivity contribution in [2.45, 2.75) is 25.8 Å². The molecule has 2 saturated heterocycles. The van der Waals surface area contributed by atoms with Crippen molar-refractivity contribution in [2.24, 2.45) is 11.8 Å². The molecule has 0 bridgehead atoms. The molecule has 0 radical (unpaired) electrons. The maximum absolute atomic E-state index is 12.4. The number of likely N-dealkylation sites (N-methyl/N-ethyl adjacent to an activating group) is 1. The smallest absolute Gasteiger partial charge is 0.227 e. The van der Waals surface area contributed by atoms with E-state index in [1.165, 1.54) is 0 Å². The van der Waals surface area contributed by atoms with Gasteiger partial charge in [0.2, 0.25) is 5.91 Å². The number of likely N-dealkylation sites (tertiary alicyclic amines) is 1. The number of piperidine rings is 1. The Kier molecular flexibility index (Phi) is 4.05. The lowest BCUT2D eigenvalue weighted by molar-refractivity contribution is -0.135. The van der Waals surface area contributed by atoms with E-state index in [0.29, 0.717) is 17.9 Å². The first-order valence-corrected chi connectivity index (χ1v) is 6.75. The fraction of sp³-hybridized carbons (Fsp3) is 0.923. The molecule has 0 saturated carbocycles. The molecule has 2 aliphatic rings. The molecule has 2 rings (SSSR count). The van der Waals surface area contributed by atoms with Gasteiger partial charge in [-0.25, -0.2) is 0 Å². The molecule has 0 aliphatic carbocycles. The van der Waals surface area contributed by atoms with Crippen LogP contribution in [0.2, 0.25) is 0 Å². The number of hydrogen-bond acceptors (Lipinski definition) is 3. The molecule has 0 spiro atoms. The van der Waals surface area contributed by atoms with Gasteiger partial charge in [0.1, 0.15) is 0 Å². The van der Waals surface area contributed by atoms with E-state index >= 15 is 0 Å². The Morgan fingerprint density at radius 2 is 2.12 bits per heavy atom. The fourth-order valence-corrected chi connectivity index (χ4v) is 3.12. The van der Waals surface area contributed by atoms with Crippen molar-refractivity contribution >= 4 is 5.91 Å². The standard InChI is InChI=1S/C13H25N3O/c1-10-8-16(9-12(10)15(2)3)13(17)11-5-4-6-14-7-11/h10-12,14H,4-9H2,1-3H3. The highest BCUT2D eigenvalue weighted by Gasteiger charge is 2.36. The van der Waals surface area contributed by atoms with Crippen LogP contribution in [0, 0.1) is 11.8 Å². The summed E-state index contributed by atoms with van der Waals surface area (Å²) in [6, 6.07) is 0.524. The third-order valence-corrected chi connectivity index (χ3v) is 4.19. The Morgan fingerprint density at radius 1 is 1.35 bits per heavy atom. The van der Waals surface area contributed by atoms with Gasteiger partial charge in [-0.2, -0.15) is 0 Å². The molecular weight excluding hydrogens is 214 g/mol. The lowest BCUT2D eigenvalue weighted by Gasteiger charge is -2.27. The summed E-state index contributed by atoms with van der Waals surface area (Å²) < 4.78 is 0. The van der Waals surface area contributed by atoms with Crippen LogP contribution < -0.4 is 5.32 Å². The summed E-state index contributed by atoms with van der Waals surface area (Å²) >= 11 is 0. The zero-order valence-electron chi connectivity index (χ0n) is 11.3. The van der Waals surface area contributed by atoms with Gasteiger partial charge in [-0.05, 0) is 39.4 Å². The first kappa shape index (κ1) is 12.8. The molecule has 4 heteroatoms. The Morgan fingerprint density at radius 3 is 2.65 bits per heavy atom. The number of hydrogen-bond donors (Lipinski definition) is 1. The van der Waals surface area contributed by atoms with Crippen molar-refractivity contribution in [2.75, 3.05) is 40.3 Å². The van der Waals surface area contributed by atoms with Crippen LogP contribution in [0.15, 0.2) is 0 Å². The van der Waals surface area contributed by atoms with Crippen LogP contribution in [0.25, 0.3) is 0 Å². The average Bonchev–Trinajstić information content (AvgIpc) is 2.71. The highest BCUT2D eigenvalue weighted by molar-refractivity contribution is 5.79. The van der Waals surface area contributed by atoms with Crippen LogP contribution in [-0.2, 0) is 4.79 Å². The van der Waals surface area contributed by atoms with Crippen molar-refractivity contribution in [3.63, 3.8) is 0 Å². The second kappa shape index (κ2) is 5.36. The van der Waals surface area contributed by atoms with Gasteiger partial charge in [0.25, 0.3) is 0 Å². The van der Waals surface area contributed by atoms with Crippen molar-refractivity contribution in [3.8, 4) is 0 Å². The number of nitrogens with zero attached hydrogens (tertiary/aromatic N) is 2. The molecule has 1 amide bonds. The highest BCUT2D eigenvalue weighted by atomic mass is 16.2. The van der Waals surface area contributed by atoms with E-state index in [0.717, 1.165) is 39.0 Å². The van der Waals surface area contributed by atoms with Gasteiger partial charge < -0.3 is 15.1 Å². The van der Waals surface area contributed by atoms with Gasteiger partial charge in [-0.15, -0.1) is 0 Å². The number of amides is 1. The zero-order valence-corrected chi connectivity index (χ0v) is 11.3. The average molecular weight is 239 g/mol. The molecule has 98 valence electrons. The van der Waals surface area contributed by atoms with E-state index in [4.69, 9.17) is 0 Å². The number of carbonyl (C=O) groups excluding carboxylic acids is 1. The number of carbonyl (C=O) groups is 1. The number of nitrogens with one attached hydrogen (secondary N) is 1. The normalized spacial score (nSPS) is 34.4. The minimum Gasteiger partial charge on any atom is -0.341 e. The summed E-state index contributed by atoms with van der Waals surface area (Å²) in [4.78, 5) is 16.7. The predicted octanol–water partition coefficient (Wildman–Crippen LogP) is 0.395. The van der Waals surface area contributed by atoms with Gasteiger partial charge in [-0.3, -0.25) is 4.79 Å². The van der Waals surface area contributed by atoms with Crippen LogP contribution in [0.3, 0.4) is 0 Å². The Bertz CT molecular complexity index is 274. The summed E-state index contributed by atoms with van der Waals surface area (Å²) in [5.74, 6) is 1.18. The minimum absolute atomic E-state index is 0.219. The molecule has 1 N–H and O–H groups in total. The first-order chi connectivity index (χ1) is 8.09. The molecule has 2 aliphatic heterocycles. The van der Waals surface area contributed by atoms with Gasteiger partial charge >= 0.3 is 0 Å². The molecule has 17 heavy (non-hydrogen) atoms. The summed E-state index contributed by atoms with van der Waals surface area (Å²) in [6.45, 7) is 6.02. The highest BCUT2D eigenvalue weighted by Crippen LogP contribution is 2.23. The van der Waals surface area contributed by atoms with Crippen molar-refractivity contribution in [1.29, 1.82) is 0 Å². The summed E-state index contributed by atoms with van der Waals surface area (Å²) in [5, 5.41) is 3.33. The Hall–Kier alpha value is -0.610. The molecule has 2 heterocycles. The van der Waals surface area contributed by atoms with E-state index in [-0.39, 0.29) is 5.92 Å². The monoisotopic (exact) mass is 239 g/mol. The van der Waals surface area contributed by atoms with Crippen LogP contribution in [0.5, 0.6) is 0 Å². The lowest BCUT2D eigenvalue weighted by Crippen LogP contribution is -2.43. The molecule has 0 aromatic heterocycles. The van der Waals surface area contributed by atoms with E-state index in [9.17, 15) is 4.79 Å². The Labute approximate surface area is 104 Å². The predicted molar refractivity (Wildman–Crippen MR) is 68.8 cm³/mol. The quantitative estimate of drug-likeness (QED) is 0.757. The van der Waals surface area contributed by atoms with E-state index in [1.54, 1.807) is 0 Å². The largest absolute Gasteiger partial charge is 0.341 e. The molecular formula is C13H25N3O. The lowest BCUT2D eigenvalue weighted by atomic mass is 9.98. The van der Waals surface area contributed by atoms with Gasteiger partial charge in [-0.1, -0.05) is 6.92 Å². The summed E-state index contributed by atoms with van der Waals surface area (Å²) in [6.07, 6.45) is 2.19. The second-order valence-corrected chi connectivity index (χ2v) is 5.79. The Balaban J connectivity index is 1.92. The molecule has 0 aromatic carbocycles. The first-order valence-electron chi connectivity index (χ1n) is 6.75. The van der Waals surface area contributed by atoms with Crippen molar-refractivity contribution < 1.29 is 4.79 Å². The minimum atomic E-state index is 0.219. The van der Waals surface area contributed by atoms with Crippen LogP contribution in [0.4, 0.5) is 0 Å². The zero-order chi connectivity index (χ0) is 12.4. The summed E-state index contributed by atoms with van der Waals surface area (Å²) in [5.41, 5.74) is 0. The number of rotatable bonds is 2. The maximum atomic E-state index is 12.4. The maximum Gasteiger partial charge on any atom is 0.227 e. The fourth-order valence-electron chi connectivity index (χ4n) is 3.12. The second-order valence-electron chi connectivity index (χ2n) is 5.79. The third kappa shape index (κ3) is 2.80. The van der Waals surface area contributed by atoms with Gasteiger partial charge in [0, 0.05) is 25.7 Å². The van der Waals surface area contributed by atoms with E-state index in [2.05, 4.69) is 36.1 Å². The van der Waals surface area contributed by atoms with E-state index < -0.39 is 0 Å². The van der Waals surface area contributed by atoms with Gasteiger partial charge in [0.05, 0.1) is 5.92 Å².